The number of carbonyl (C=O) groups is 5. The average molecular weight is 531 g/mol. The van der Waals surface area contributed by atoms with Crippen LogP contribution in [-0.4, -0.2) is 69.9 Å². The number of aliphatic hydroxyl groups is 1. The van der Waals surface area contributed by atoms with E-state index in [0.29, 0.717) is 5.56 Å². The summed E-state index contributed by atoms with van der Waals surface area (Å²) in [5, 5.41) is 22.4. The van der Waals surface area contributed by atoms with Crippen molar-refractivity contribution in [1.82, 2.24) is 4.90 Å². The molecule has 9 nitrogen and oxygen atoms in total. The van der Waals surface area contributed by atoms with E-state index < -0.39 is 64.4 Å². The summed E-state index contributed by atoms with van der Waals surface area (Å²) < 4.78 is 0. The van der Waals surface area contributed by atoms with Gasteiger partial charge < -0.3 is 15.9 Å². The number of rotatable bonds is 3. The van der Waals surface area contributed by atoms with Crippen molar-refractivity contribution in [2.45, 2.75) is 43.7 Å². The van der Waals surface area contributed by atoms with Crippen molar-refractivity contribution in [3.63, 3.8) is 0 Å². The minimum absolute atomic E-state index is 0.0135. The van der Waals surface area contributed by atoms with Crippen molar-refractivity contribution in [3.8, 4) is 16.9 Å². The monoisotopic (exact) mass is 530 g/mol. The highest BCUT2D eigenvalue weighted by atomic mass is 16.3. The van der Waals surface area contributed by atoms with E-state index in [1.807, 2.05) is 6.07 Å². The van der Waals surface area contributed by atoms with Gasteiger partial charge in [-0.25, -0.2) is 0 Å². The molecule has 2 aromatic carbocycles. The maximum absolute atomic E-state index is 13.9. The lowest BCUT2D eigenvalue weighted by molar-refractivity contribution is -0.181. The molecule has 4 aliphatic rings. The number of aromatic hydroxyl groups is 1. The number of amides is 1. The maximum atomic E-state index is 13.9. The third-order valence-electron chi connectivity index (χ3n) is 9.35. The second kappa shape index (κ2) is 8.66. The fourth-order valence-electron chi connectivity index (χ4n) is 7.61. The number of likely N-dealkylation sites (N-methyl/N-ethyl adjacent to an activating group) is 1. The van der Waals surface area contributed by atoms with Crippen molar-refractivity contribution in [2.75, 3.05) is 14.1 Å². The van der Waals surface area contributed by atoms with Crippen molar-refractivity contribution in [3.05, 3.63) is 52.6 Å². The van der Waals surface area contributed by atoms with E-state index >= 15 is 0 Å². The predicted molar refractivity (Wildman–Crippen MR) is 139 cm³/mol. The molecule has 4 aliphatic carbocycles. The van der Waals surface area contributed by atoms with Gasteiger partial charge in [-0.05, 0) is 86.0 Å². The average Bonchev–Trinajstić information content (AvgIpc) is 3.34. The number of aryl methyl sites for hydroxylation is 2. The molecular weight excluding hydrogens is 500 g/mol. The van der Waals surface area contributed by atoms with Gasteiger partial charge in [-0.3, -0.25) is 28.9 Å². The van der Waals surface area contributed by atoms with Crippen LogP contribution in [0.2, 0.25) is 0 Å². The molecule has 0 aliphatic heterocycles. The lowest BCUT2D eigenvalue weighted by Crippen LogP contribution is -2.74. The van der Waals surface area contributed by atoms with Crippen LogP contribution < -0.4 is 5.73 Å². The van der Waals surface area contributed by atoms with Crippen LogP contribution in [0.3, 0.4) is 0 Å². The van der Waals surface area contributed by atoms with Gasteiger partial charge in [0.25, 0.3) is 0 Å². The summed E-state index contributed by atoms with van der Waals surface area (Å²) in [6.45, 7) is 0. The van der Waals surface area contributed by atoms with Crippen LogP contribution in [0.25, 0.3) is 11.1 Å². The van der Waals surface area contributed by atoms with Gasteiger partial charge in [0.2, 0.25) is 5.91 Å². The number of Topliss-reactive ketones (excluding diaryl/α,β-unsaturated/α-hetero) is 4. The van der Waals surface area contributed by atoms with E-state index in [9.17, 15) is 34.2 Å². The summed E-state index contributed by atoms with van der Waals surface area (Å²) >= 11 is 0. The Morgan fingerprint density at radius 1 is 1.03 bits per heavy atom. The molecule has 6 unspecified atom stereocenters. The zero-order valence-corrected chi connectivity index (χ0v) is 21.8. The number of primary amides is 1. The van der Waals surface area contributed by atoms with E-state index in [4.69, 9.17) is 5.73 Å². The standard InChI is InChI=1S/C30H30N2O7/c1-32(2)24-19-12-16-11-18-17(15-7-6-13-4-3-5-14(13)10-15)8-9-20(33)22(18)25(34)21(16)27(36)30(19,39)28(37)23(26(24)35)29(31)38/h6-10,16,19,21,23-24,33,39H,3-5,11-12H2,1-2H3,(H2,31,38). The molecule has 0 aromatic heterocycles. The summed E-state index contributed by atoms with van der Waals surface area (Å²) in [6.07, 6.45) is 3.36. The van der Waals surface area contributed by atoms with Crippen LogP contribution in [-0.2, 0) is 38.4 Å². The Labute approximate surface area is 225 Å². The number of benzene rings is 2. The molecule has 0 bridgehead atoms. The van der Waals surface area contributed by atoms with Crippen LogP contribution >= 0.6 is 0 Å². The zero-order chi connectivity index (χ0) is 28.0. The normalized spacial score (nSPS) is 31.5. The first-order valence-electron chi connectivity index (χ1n) is 13.3. The molecule has 2 fully saturated rings. The Morgan fingerprint density at radius 3 is 2.44 bits per heavy atom. The third-order valence-corrected chi connectivity index (χ3v) is 9.35. The van der Waals surface area contributed by atoms with Gasteiger partial charge in [0.15, 0.2) is 34.7 Å². The molecule has 6 rings (SSSR count). The van der Waals surface area contributed by atoms with E-state index in [1.54, 1.807) is 20.2 Å². The summed E-state index contributed by atoms with van der Waals surface area (Å²) in [5.41, 5.74) is 7.52. The molecule has 2 aromatic rings. The van der Waals surface area contributed by atoms with Gasteiger partial charge >= 0.3 is 0 Å². The molecule has 4 N–H and O–H groups in total. The van der Waals surface area contributed by atoms with E-state index in [0.717, 1.165) is 30.4 Å². The first kappa shape index (κ1) is 25.6. The van der Waals surface area contributed by atoms with Gasteiger partial charge in [0, 0.05) is 5.92 Å². The maximum Gasteiger partial charge on any atom is 0.235 e. The number of phenols is 1. The molecule has 2 saturated carbocycles. The van der Waals surface area contributed by atoms with Crippen LogP contribution in [0.1, 0.15) is 39.9 Å². The molecule has 0 heterocycles. The largest absolute Gasteiger partial charge is 0.507 e. The topological polar surface area (TPSA) is 155 Å². The minimum Gasteiger partial charge on any atom is -0.507 e. The van der Waals surface area contributed by atoms with Gasteiger partial charge in [-0.2, -0.15) is 0 Å². The molecule has 39 heavy (non-hydrogen) atoms. The SMILES string of the molecule is CN(C)C1C(=O)C(C(N)=O)C(=O)C2(O)C(=O)C3C(=O)c4c(O)ccc(-c5ccc6c(c5)CCC6)c4CC3CC12. The molecule has 0 spiro atoms. The summed E-state index contributed by atoms with van der Waals surface area (Å²) in [6, 6.07) is 8.29. The number of hydrogen-bond donors (Lipinski definition) is 3. The highest BCUT2D eigenvalue weighted by Crippen LogP contribution is 2.51. The highest BCUT2D eigenvalue weighted by molar-refractivity contribution is 6.32. The third kappa shape index (κ3) is 3.42. The van der Waals surface area contributed by atoms with E-state index in [2.05, 4.69) is 12.1 Å². The lowest BCUT2D eigenvalue weighted by atomic mass is 9.52. The summed E-state index contributed by atoms with van der Waals surface area (Å²) in [5.74, 6) is -10.4. The number of phenolic OH excluding ortho intramolecular Hbond substituents is 1. The highest BCUT2D eigenvalue weighted by Gasteiger charge is 2.69. The second-order valence-corrected chi connectivity index (χ2v) is 11.6. The lowest BCUT2D eigenvalue weighted by Gasteiger charge is -2.52. The fourth-order valence-corrected chi connectivity index (χ4v) is 7.61. The molecular formula is C30H30N2O7. The van der Waals surface area contributed by atoms with Crippen molar-refractivity contribution in [2.24, 2.45) is 29.4 Å². The molecule has 6 atom stereocenters. The smallest absolute Gasteiger partial charge is 0.235 e. The Bertz CT molecular complexity index is 1490. The number of ketones is 4. The fraction of sp³-hybridized carbons (Fsp3) is 0.433. The first-order valence-corrected chi connectivity index (χ1v) is 13.3. The Morgan fingerprint density at radius 2 is 1.74 bits per heavy atom. The van der Waals surface area contributed by atoms with Crippen molar-refractivity contribution in [1.29, 1.82) is 0 Å². The zero-order valence-electron chi connectivity index (χ0n) is 21.8. The van der Waals surface area contributed by atoms with Crippen LogP contribution in [0.5, 0.6) is 5.75 Å². The number of hydrogen-bond acceptors (Lipinski definition) is 8. The van der Waals surface area contributed by atoms with E-state index in [-0.39, 0.29) is 24.2 Å². The molecule has 9 heteroatoms. The first-order chi connectivity index (χ1) is 18.5. The number of nitrogens with two attached hydrogens (primary N) is 1. The van der Waals surface area contributed by atoms with Crippen LogP contribution in [0, 0.1) is 23.7 Å². The van der Waals surface area contributed by atoms with Gasteiger partial charge in [0.05, 0.1) is 17.5 Å². The van der Waals surface area contributed by atoms with Crippen molar-refractivity contribution >= 4 is 29.0 Å². The second-order valence-electron chi connectivity index (χ2n) is 11.6. The predicted octanol–water partition coefficient (Wildman–Crippen LogP) is 1.02. The summed E-state index contributed by atoms with van der Waals surface area (Å²) in [4.78, 5) is 68.0. The Balaban J connectivity index is 1.48. The molecule has 0 radical (unpaired) electrons. The number of carbonyl (C=O) groups excluding carboxylic acids is 5. The molecule has 202 valence electrons. The molecule has 0 saturated heterocycles. The van der Waals surface area contributed by atoms with Gasteiger partial charge in [-0.15, -0.1) is 0 Å². The Hall–Kier alpha value is -3.69. The van der Waals surface area contributed by atoms with Gasteiger partial charge in [-0.1, -0.05) is 24.3 Å². The van der Waals surface area contributed by atoms with Crippen LogP contribution in [0.4, 0.5) is 0 Å². The minimum atomic E-state index is -2.72. The quantitative estimate of drug-likeness (QED) is 0.497. The van der Waals surface area contributed by atoms with Crippen molar-refractivity contribution < 1.29 is 34.2 Å². The van der Waals surface area contributed by atoms with E-state index in [1.165, 1.54) is 22.1 Å². The van der Waals surface area contributed by atoms with Crippen LogP contribution in [0.15, 0.2) is 30.3 Å². The number of nitrogens with zero attached hydrogens (tertiary/aromatic N) is 1. The summed E-state index contributed by atoms with van der Waals surface area (Å²) in [7, 11) is 3.14. The van der Waals surface area contributed by atoms with Gasteiger partial charge in [0.1, 0.15) is 5.75 Å². The number of fused-ring (bicyclic) bond motifs is 4. The Kier molecular flexibility index (Phi) is 5.68. The molecule has 1 amide bonds.